The van der Waals surface area contributed by atoms with E-state index in [-0.39, 0.29) is 17.9 Å². The molecule has 1 aromatic carbocycles. The van der Waals surface area contributed by atoms with Crippen LogP contribution in [0.1, 0.15) is 31.7 Å². The van der Waals surface area contributed by atoms with E-state index in [1.165, 1.54) is 6.92 Å². The van der Waals surface area contributed by atoms with Gasteiger partial charge in [0.15, 0.2) is 0 Å². The van der Waals surface area contributed by atoms with Crippen molar-refractivity contribution in [2.24, 2.45) is 0 Å². The van der Waals surface area contributed by atoms with Gasteiger partial charge in [-0.2, -0.15) is 0 Å². The molecule has 5 heteroatoms. The SMILES string of the molecule is C=C(CC(CBr)c1ccc(OC(C)=O)cc1)C(=O)OCC. The molecule has 0 aromatic heterocycles. The minimum Gasteiger partial charge on any atom is -0.463 e. The van der Waals surface area contributed by atoms with Gasteiger partial charge in [-0.3, -0.25) is 4.79 Å². The molecule has 0 fully saturated rings. The molecule has 0 aliphatic carbocycles. The van der Waals surface area contributed by atoms with Gasteiger partial charge in [-0.05, 0) is 37.0 Å². The van der Waals surface area contributed by atoms with Crippen LogP contribution in [0.4, 0.5) is 0 Å². The molecule has 0 saturated carbocycles. The van der Waals surface area contributed by atoms with Crippen LogP contribution in [0.5, 0.6) is 5.75 Å². The Morgan fingerprint density at radius 3 is 2.38 bits per heavy atom. The second-order valence-electron chi connectivity index (χ2n) is 4.54. The average Bonchev–Trinajstić information content (AvgIpc) is 2.45. The first-order valence-corrected chi connectivity index (χ1v) is 7.79. The molecule has 0 N–H and O–H groups in total. The molecule has 0 radical (unpaired) electrons. The second kappa shape index (κ2) is 8.62. The van der Waals surface area contributed by atoms with Crippen LogP contribution in [0, 0.1) is 0 Å². The highest BCUT2D eigenvalue weighted by Gasteiger charge is 2.16. The third-order valence-electron chi connectivity index (χ3n) is 2.86. The predicted molar refractivity (Wildman–Crippen MR) is 84.7 cm³/mol. The van der Waals surface area contributed by atoms with Gasteiger partial charge in [0.05, 0.1) is 6.61 Å². The van der Waals surface area contributed by atoms with Crippen LogP contribution in [-0.4, -0.2) is 23.9 Å². The molecular weight excluding hydrogens is 336 g/mol. The Morgan fingerprint density at radius 1 is 1.29 bits per heavy atom. The lowest BCUT2D eigenvalue weighted by Gasteiger charge is -2.16. The van der Waals surface area contributed by atoms with E-state index in [9.17, 15) is 9.59 Å². The number of carbonyl (C=O) groups is 2. The highest BCUT2D eigenvalue weighted by atomic mass is 79.9. The Kier molecular flexibility index (Phi) is 7.15. The van der Waals surface area contributed by atoms with E-state index in [2.05, 4.69) is 22.5 Å². The standard InChI is InChI=1S/C16H19BrO4/c1-4-20-16(19)11(2)9-14(10-17)13-5-7-15(8-6-13)21-12(3)18/h5-8,14H,2,4,9-10H2,1,3H3. The first-order valence-electron chi connectivity index (χ1n) is 6.67. The summed E-state index contributed by atoms with van der Waals surface area (Å²) in [7, 11) is 0. The van der Waals surface area contributed by atoms with E-state index in [0.29, 0.717) is 29.7 Å². The first-order chi connectivity index (χ1) is 9.97. The number of ether oxygens (including phenoxy) is 2. The molecule has 0 spiro atoms. The van der Waals surface area contributed by atoms with Gasteiger partial charge in [0.25, 0.3) is 0 Å². The van der Waals surface area contributed by atoms with Crippen LogP contribution in [0.25, 0.3) is 0 Å². The van der Waals surface area contributed by atoms with Gasteiger partial charge < -0.3 is 9.47 Å². The second-order valence-corrected chi connectivity index (χ2v) is 5.19. The molecule has 21 heavy (non-hydrogen) atoms. The molecule has 114 valence electrons. The van der Waals surface area contributed by atoms with Gasteiger partial charge in [0.2, 0.25) is 0 Å². The van der Waals surface area contributed by atoms with Crippen molar-refractivity contribution in [2.75, 3.05) is 11.9 Å². The van der Waals surface area contributed by atoms with Crippen molar-refractivity contribution < 1.29 is 19.1 Å². The topological polar surface area (TPSA) is 52.6 Å². The fourth-order valence-corrected chi connectivity index (χ4v) is 2.45. The maximum Gasteiger partial charge on any atom is 0.333 e. The van der Waals surface area contributed by atoms with Gasteiger partial charge in [0.1, 0.15) is 5.75 Å². The van der Waals surface area contributed by atoms with E-state index in [4.69, 9.17) is 9.47 Å². The number of hydrogen-bond acceptors (Lipinski definition) is 4. The first kappa shape index (κ1) is 17.4. The van der Waals surface area contributed by atoms with Crippen LogP contribution >= 0.6 is 15.9 Å². The van der Waals surface area contributed by atoms with Crippen LogP contribution in [-0.2, 0) is 14.3 Å². The lowest BCUT2D eigenvalue weighted by Crippen LogP contribution is -2.11. The maximum absolute atomic E-state index is 11.6. The highest BCUT2D eigenvalue weighted by Crippen LogP contribution is 2.27. The molecule has 1 aromatic rings. The number of carbonyl (C=O) groups excluding carboxylic acids is 2. The zero-order valence-electron chi connectivity index (χ0n) is 12.2. The summed E-state index contributed by atoms with van der Waals surface area (Å²) in [5.74, 6) is -0.104. The third kappa shape index (κ3) is 5.71. The molecule has 0 bridgehead atoms. The number of rotatable bonds is 7. The Bertz CT molecular complexity index is 508. The fourth-order valence-electron chi connectivity index (χ4n) is 1.85. The van der Waals surface area contributed by atoms with Crippen molar-refractivity contribution in [3.05, 3.63) is 42.0 Å². The Hall–Kier alpha value is -1.62. The van der Waals surface area contributed by atoms with Crippen molar-refractivity contribution >= 4 is 27.9 Å². The summed E-state index contributed by atoms with van der Waals surface area (Å²) in [4.78, 5) is 22.5. The number of hydrogen-bond donors (Lipinski definition) is 0. The molecule has 4 nitrogen and oxygen atoms in total. The highest BCUT2D eigenvalue weighted by molar-refractivity contribution is 9.09. The largest absolute Gasteiger partial charge is 0.463 e. The number of esters is 2. The summed E-state index contributed by atoms with van der Waals surface area (Å²) >= 11 is 3.45. The van der Waals surface area contributed by atoms with E-state index in [0.717, 1.165) is 5.56 Å². The zero-order chi connectivity index (χ0) is 15.8. The molecular formula is C16H19BrO4. The van der Waals surface area contributed by atoms with Gasteiger partial charge >= 0.3 is 11.9 Å². The molecule has 0 saturated heterocycles. The average molecular weight is 355 g/mol. The van der Waals surface area contributed by atoms with Gasteiger partial charge in [-0.25, -0.2) is 4.79 Å². The summed E-state index contributed by atoms with van der Waals surface area (Å²) in [6, 6.07) is 7.23. The van der Waals surface area contributed by atoms with E-state index >= 15 is 0 Å². The van der Waals surface area contributed by atoms with E-state index < -0.39 is 0 Å². The molecule has 0 heterocycles. The van der Waals surface area contributed by atoms with Crippen LogP contribution in [0.3, 0.4) is 0 Å². The van der Waals surface area contributed by atoms with Gasteiger partial charge in [-0.15, -0.1) is 0 Å². The normalized spacial score (nSPS) is 11.6. The van der Waals surface area contributed by atoms with Crippen molar-refractivity contribution in [3.63, 3.8) is 0 Å². The Balaban J connectivity index is 2.73. The number of halogens is 1. The summed E-state index contributed by atoms with van der Waals surface area (Å²) in [5.41, 5.74) is 1.48. The Labute approximate surface area is 133 Å². The number of benzene rings is 1. The monoisotopic (exact) mass is 354 g/mol. The molecule has 0 aliphatic heterocycles. The zero-order valence-corrected chi connectivity index (χ0v) is 13.8. The van der Waals surface area contributed by atoms with Crippen molar-refractivity contribution in [1.29, 1.82) is 0 Å². The quantitative estimate of drug-likeness (QED) is 0.325. The molecule has 0 amide bonds. The predicted octanol–water partition coefficient (Wildman–Crippen LogP) is 3.60. The van der Waals surface area contributed by atoms with E-state index in [1.807, 2.05) is 12.1 Å². The number of alkyl halides is 1. The van der Waals surface area contributed by atoms with Crippen molar-refractivity contribution in [1.82, 2.24) is 0 Å². The summed E-state index contributed by atoms with van der Waals surface area (Å²) < 4.78 is 9.93. The summed E-state index contributed by atoms with van der Waals surface area (Å²) in [6.45, 7) is 7.24. The van der Waals surface area contributed by atoms with Gasteiger partial charge in [-0.1, -0.05) is 34.6 Å². The van der Waals surface area contributed by atoms with Crippen molar-refractivity contribution in [2.45, 2.75) is 26.2 Å². The molecule has 0 aliphatic rings. The van der Waals surface area contributed by atoms with Crippen molar-refractivity contribution in [3.8, 4) is 5.75 Å². The molecule has 1 unspecified atom stereocenters. The van der Waals surface area contributed by atoms with Gasteiger partial charge in [0, 0.05) is 17.8 Å². The van der Waals surface area contributed by atoms with E-state index in [1.54, 1.807) is 19.1 Å². The minimum absolute atomic E-state index is 0.105. The Morgan fingerprint density at radius 2 is 1.90 bits per heavy atom. The molecule has 1 rings (SSSR count). The summed E-state index contributed by atoms with van der Waals surface area (Å²) in [6.07, 6.45) is 0.511. The smallest absolute Gasteiger partial charge is 0.333 e. The summed E-state index contributed by atoms with van der Waals surface area (Å²) in [5, 5.41) is 0.693. The maximum atomic E-state index is 11.6. The lowest BCUT2D eigenvalue weighted by molar-refractivity contribution is -0.138. The molecule has 1 atom stereocenters. The van der Waals surface area contributed by atoms with Crippen LogP contribution in [0.2, 0.25) is 0 Å². The minimum atomic E-state index is -0.361. The lowest BCUT2D eigenvalue weighted by atomic mass is 9.94. The van der Waals surface area contributed by atoms with Crippen LogP contribution < -0.4 is 4.74 Å². The third-order valence-corrected chi connectivity index (χ3v) is 3.64. The fraction of sp³-hybridized carbons (Fsp3) is 0.375. The van der Waals surface area contributed by atoms with Crippen LogP contribution in [0.15, 0.2) is 36.4 Å².